The number of amides is 2. The van der Waals surface area contributed by atoms with E-state index < -0.39 is 11.7 Å². The molecule has 2 aromatic heterocycles. The van der Waals surface area contributed by atoms with Crippen LogP contribution in [0.3, 0.4) is 0 Å². The van der Waals surface area contributed by atoms with Crippen molar-refractivity contribution in [1.29, 1.82) is 0 Å². The number of benzene rings is 1. The Hall–Kier alpha value is -3.39. The highest BCUT2D eigenvalue weighted by Crippen LogP contribution is 2.33. The molecule has 1 atom stereocenters. The van der Waals surface area contributed by atoms with Gasteiger partial charge in [0.05, 0.1) is 23.4 Å². The lowest BCUT2D eigenvalue weighted by molar-refractivity contribution is 0.0958. The second-order valence-corrected chi connectivity index (χ2v) is 7.29. The maximum absolute atomic E-state index is 14.0. The van der Waals surface area contributed by atoms with Crippen LogP contribution in [0.5, 0.6) is 5.75 Å². The molecule has 154 valence electrons. The van der Waals surface area contributed by atoms with Gasteiger partial charge in [-0.05, 0) is 37.3 Å². The van der Waals surface area contributed by atoms with E-state index in [1.165, 1.54) is 36.5 Å². The molecule has 0 aliphatic carbocycles. The van der Waals surface area contributed by atoms with Crippen molar-refractivity contribution >= 4 is 34.8 Å². The average Bonchev–Trinajstić information content (AvgIpc) is 3.17. The van der Waals surface area contributed by atoms with Crippen LogP contribution in [0.1, 0.15) is 33.8 Å². The van der Waals surface area contributed by atoms with Crippen LogP contribution in [0, 0.1) is 5.82 Å². The van der Waals surface area contributed by atoms with Crippen molar-refractivity contribution in [2.24, 2.45) is 0 Å². The van der Waals surface area contributed by atoms with Gasteiger partial charge in [-0.3, -0.25) is 14.6 Å². The van der Waals surface area contributed by atoms with Crippen LogP contribution < -0.4 is 15.0 Å². The van der Waals surface area contributed by atoms with Gasteiger partial charge < -0.3 is 19.5 Å². The lowest BCUT2D eigenvalue weighted by Gasteiger charge is -2.33. The number of aromatic nitrogens is 2. The van der Waals surface area contributed by atoms with Crippen molar-refractivity contribution in [2.45, 2.75) is 13.0 Å². The minimum atomic E-state index is -0.604. The molecular weight excluding hydrogens is 411 g/mol. The molecule has 1 N–H and O–H groups in total. The number of nitrogens with one attached hydrogen (secondary N) is 1. The van der Waals surface area contributed by atoms with Crippen molar-refractivity contribution in [3.63, 3.8) is 0 Å². The van der Waals surface area contributed by atoms with E-state index in [2.05, 4.69) is 10.3 Å². The quantitative estimate of drug-likeness (QED) is 0.677. The molecule has 4 rings (SSSR count). The standard InChI is InChI=1S/C21H18ClFN4O3/c1-12-11-27(13-3-4-15(22)16(23)9-13)21(29)19-17(6-8-26(12)19)25-20(28)14-10-24-7-5-18(14)30-2/h3-10,12H,11H2,1-2H3,(H,25,28)/t12-/m0/s1. The van der Waals surface area contributed by atoms with Crippen LogP contribution in [-0.4, -0.2) is 35.0 Å². The van der Waals surface area contributed by atoms with Crippen molar-refractivity contribution in [2.75, 3.05) is 23.9 Å². The highest BCUT2D eigenvalue weighted by Gasteiger charge is 2.33. The summed E-state index contributed by atoms with van der Waals surface area (Å²) in [5, 5.41) is 2.75. The molecule has 30 heavy (non-hydrogen) atoms. The lowest BCUT2D eigenvalue weighted by Crippen LogP contribution is -2.42. The smallest absolute Gasteiger partial charge is 0.277 e. The molecule has 9 heteroatoms. The van der Waals surface area contributed by atoms with E-state index in [1.807, 2.05) is 6.92 Å². The minimum absolute atomic E-state index is 0.0157. The second-order valence-electron chi connectivity index (χ2n) is 6.88. The number of pyridine rings is 1. The molecule has 0 saturated heterocycles. The summed E-state index contributed by atoms with van der Waals surface area (Å²) in [4.78, 5) is 31.4. The molecule has 0 saturated carbocycles. The molecule has 1 aromatic carbocycles. The normalized spacial score (nSPS) is 15.7. The number of hydrogen-bond acceptors (Lipinski definition) is 4. The van der Waals surface area contributed by atoms with Gasteiger partial charge in [0.15, 0.2) is 0 Å². The van der Waals surface area contributed by atoms with Gasteiger partial charge >= 0.3 is 0 Å². The molecule has 7 nitrogen and oxygen atoms in total. The highest BCUT2D eigenvalue weighted by atomic mass is 35.5. The molecule has 0 fully saturated rings. The van der Waals surface area contributed by atoms with Crippen molar-refractivity contribution in [3.8, 4) is 5.75 Å². The summed E-state index contributed by atoms with van der Waals surface area (Å²) in [5.41, 5.74) is 1.29. The number of halogens is 2. The number of anilines is 2. The second kappa shape index (κ2) is 7.79. The molecule has 0 bridgehead atoms. The summed E-state index contributed by atoms with van der Waals surface area (Å²) in [5.74, 6) is -1.04. The molecule has 3 aromatic rings. The topological polar surface area (TPSA) is 76.5 Å². The van der Waals surface area contributed by atoms with Gasteiger partial charge in [0.1, 0.15) is 17.3 Å². The van der Waals surface area contributed by atoms with E-state index in [9.17, 15) is 14.0 Å². The third-order valence-electron chi connectivity index (χ3n) is 4.99. The Morgan fingerprint density at radius 1 is 1.33 bits per heavy atom. The first kappa shape index (κ1) is 19.9. The fourth-order valence-corrected chi connectivity index (χ4v) is 3.62. The Kier molecular flexibility index (Phi) is 5.17. The van der Waals surface area contributed by atoms with Crippen LogP contribution >= 0.6 is 11.6 Å². The first-order chi connectivity index (χ1) is 14.4. The van der Waals surface area contributed by atoms with E-state index in [1.54, 1.807) is 29.0 Å². The Morgan fingerprint density at radius 3 is 2.87 bits per heavy atom. The Morgan fingerprint density at radius 2 is 2.13 bits per heavy atom. The van der Waals surface area contributed by atoms with Crippen molar-refractivity contribution in [3.05, 3.63) is 71.0 Å². The van der Waals surface area contributed by atoms with Gasteiger partial charge in [-0.2, -0.15) is 0 Å². The van der Waals surface area contributed by atoms with Crippen LogP contribution in [0.15, 0.2) is 48.9 Å². The van der Waals surface area contributed by atoms with Gasteiger partial charge in [0.25, 0.3) is 11.8 Å². The first-order valence-corrected chi connectivity index (χ1v) is 9.55. The molecular formula is C21H18ClFN4O3. The van der Waals surface area contributed by atoms with E-state index in [4.69, 9.17) is 16.3 Å². The fraction of sp³-hybridized carbons (Fsp3) is 0.190. The third kappa shape index (κ3) is 3.39. The van der Waals surface area contributed by atoms with E-state index in [-0.39, 0.29) is 22.5 Å². The number of methoxy groups -OCH3 is 1. The zero-order valence-electron chi connectivity index (χ0n) is 16.2. The Labute approximate surface area is 177 Å². The monoisotopic (exact) mass is 428 g/mol. The summed E-state index contributed by atoms with van der Waals surface area (Å²) in [6, 6.07) is 7.38. The van der Waals surface area contributed by atoms with Gasteiger partial charge in [0.2, 0.25) is 0 Å². The van der Waals surface area contributed by atoms with Gasteiger partial charge in [0, 0.05) is 36.9 Å². The van der Waals surface area contributed by atoms with Gasteiger partial charge in [-0.25, -0.2) is 4.39 Å². The minimum Gasteiger partial charge on any atom is -0.496 e. The summed E-state index contributed by atoms with van der Waals surface area (Å²) in [7, 11) is 1.46. The predicted octanol–water partition coefficient (Wildman–Crippen LogP) is 4.16. The van der Waals surface area contributed by atoms with E-state index in [0.29, 0.717) is 29.4 Å². The Balaban J connectivity index is 1.68. The van der Waals surface area contributed by atoms with Crippen molar-refractivity contribution in [1.82, 2.24) is 9.55 Å². The number of ether oxygens (including phenoxy) is 1. The Bertz CT molecular complexity index is 1150. The number of hydrogen-bond donors (Lipinski definition) is 1. The maximum atomic E-state index is 14.0. The zero-order valence-corrected chi connectivity index (χ0v) is 17.0. The van der Waals surface area contributed by atoms with Crippen molar-refractivity contribution < 1.29 is 18.7 Å². The van der Waals surface area contributed by atoms with E-state index >= 15 is 0 Å². The number of fused-ring (bicyclic) bond motifs is 1. The maximum Gasteiger partial charge on any atom is 0.277 e. The van der Waals surface area contributed by atoms with Crippen LogP contribution in [0.4, 0.5) is 15.8 Å². The molecule has 0 radical (unpaired) electrons. The summed E-state index contributed by atoms with van der Waals surface area (Å²) < 4.78 is 21.0. The van der Waals surface area contributed by atoms with E-state index in [0.717, 1.165) is 0 Å². The lowest BCUT2D eigenvalue weighted by atomic mass is 10.1. The van der Waals surface area contributed by atoms with Gasteiger partial charge in [-0.1, -0.05) is 11.6 Å². The first-order valence-electron chi connectivity index (χ1n) is 9.17. The fourth-order valence-electron chi connectivity index (χ4n) is 3.50. The number of carbonyl (C=O) groups excluding carboxylic acids is 2. The van der Waals surface area contributed by atoms with Crippen LogP contribution in [-0.2, 0) is 0 Å². The molecule has 0 unspecified atom stereocenters. The number of rotatable bonds is 4. The SMILES string of the molecule is COc1ccncc1C(=O)Nc1ccn2c1C(=O)N(c1ccc(Cl)c(F)c1)C[C@@H]2C. The largest absolute Gasteiger partial charge is 0.496 e. The highest BCUT2D eigenvalue weighted by molar-refractivity contribution is 6.30. The van der Waals surface area contributed by atoms with Crippen LogP contribution in [0.2, 0.25) is 5.02 Å². The zero-order chi connectivity index (χ0) is 21.4. The molecule has 3 heterocycles. The summed E-state index contributed by atoms with van der Waals surface area (Å²) in [6.45, 7) is 2.29. The third-order valence-corrected chi connectivity index (χ3v) is 5.30. The molecule has 1 aliphatic heterocycles. The summed E-state index contributed by atoms with van der Waals surface area (Å²) in [6.07, 6.45) is 4.65. The predicted molar refractivity (Wildman–Crippen MR) is 111 cm³/mol. The molecule has 2 amide bonds. The average molecular weight is 429 g/mol. The number of nitrogens with zero attached hydrogens (tertiary/aromatic N) is 3. The van der Waals surface area contributed by atoms with Gasteiger partial charge in [-0.15, -0.1) is 0 Å². The molecule has 0 spiro atoms. The molecule has 1 aliphatic rings. The summed E-state index contributed by atoms with van der Waals surface area (Å²) >= 11 is 5.77. The van der Waals surface area contributed by atoms with Crippen LogP contribution in [0.25, 0.3) is 0 Å². The number of carbonyl (C=O) groups is 2.